The van der Waals surface area contributed by atoms with Crippen molar-refractivity contribution in [3.8, 4) is 0 Å². The molecule has 4 heterocycles. The Morgan fingerprint density at radius 3 is 2.74 bits per heavy atom. The average molecular weight is 376 g/mol. The van der Waals surface area contributed by atoms with Crippen LogP contribution in [0.1, 0.15) is 27.0 Å². The number of anilines is 2. The van der Waals surface area contributed by atoms with E-state index in [-0.39, 0.29) is 24.5 Å². The molecule has 0 aromatic carbocycles. The summed E-state index contributed by atoms with van der Waals surface area (Å²) in [6.07, 6.45) is 4.37. The number of imidazole rings is 1. The van der Waals surface area contributed by atoms with E-state index in [1.807, 2.05) is 12.2 Å². The van der Waals surface area contributed by atoms with Gasteiger partial charge in [0.2, 0.25) is 5.95 Å². The molecule has 0 aliphatic carbocycles. The lowest BCUT2D eigenvalue weighted by atomic mass is 10.1. The van der Waals surface area contributed by atoms with E-state index in [1.165, 1.54) is 0 Å². The van der Waals surface area contributed by atoms with Crippen LogP contribution in [-0.4, -0.2) is 49.8 Å². The van der Waals surface area contributed by atoms with Crippen LogP contribution in [0.4, 0.5) is 11.8 Å². The Labute approximate surface area is 154 Å². The molecule has 3 atom stereocenters. The van der Waals surface area contributed by atoms with E-state index in [9.17, 15) is 4.79 Å². The van der Waals surface area contributed by atoms with Crippen LogP contribution in [0.3, 0.4) is 0 Å². The molecule has 27 heavy (non-hydrogen) atoms. The Bertz CT molecular complexity index is 941. The number of nitrogens with two attached hydrogens (primary N) is 2. The lowest BCUT2D eigenvalue weighted by molar-refractivity contribution is -0.333. The second-order valence-electron chi connectivity index (χ2n) is 6.92. The summed E-state index contributed by atoms with van der Waals surface area (Å²) in [5.41, 5.74) is 11.3. The summed E-state index contributed by atoms with van der Waals surface area (Å²) in [5.74, 6) is -1.67. The maximum absolute atomic E-state index is 11.8. The minimum atomic E-state index is -1.45. The minimum absolute atomic E-state index is 0.0550. The molecule has 144 valence electrons. The number of hydrogen-bond acceptors (Lipinski definition) is 10. The van der Waals surface area contributed by atoms with Gasteiger partial charge in [0.05, 0.1) is 12.9 Å². The van der Waals surface area contributed by atoms with E-state index in [0.29, 0.717) is 11.2 Å². The summed E-state index contributed by atoms with van der Waals surface area (Å²) in [6, 6.07) is 0. The first kappa shape index (κ1) is 17.6. The highest BCUT2D eigenvalue weighted by molar-refractivity contribution is 5.82. The first-order valence-electron chi connectivity index (χ1n) is 8.34. The highest BCUT2D eigenvalue weighted by Gasteiger charge is 2.51. The summed E-state index contributed by atoms with van der Waals surface area (Å²) in [4.78, 5) is 24.1. The van der Waals surface area contributed by atoms with Gasteiger partial charge in [0, 0.05) is 6.92 Å². The van der Waals surface area contributed by atoms with Gasteiger partial charge in [-0.1, -0.05) is 6.08 Å². The first-order chi connectivity index (χ1) is 12.7. The highest BCUT2D eigenvalue weighted by atomic mass is 16.9. The zero-order valence-electron chi connectivity index (χ0n) is 15.1. The van der Waals surface area contributed by atoms with Crippen molar-refractivity contribution in [2.75, 3.05) is 18.1 Å². The van der Waals surface area contributed by atoms with Gasteiger partial charge in [0.15, 0.2) is 23.3 Å². The summed E-state index contributed by atoms with van der Waals surface area (Å²) < 4.78 is 24.0. The van der Waals surface area contributed by atoms with Crippen LogP contribution in [0.5, 0.6) is 0 Å². The number of aromatic nitrogens is 4. The number of nitrogens with zero attached hydrogens (tertiary/aromatic N) is 4. The molecule has 2 aromatic rings. The van der Waals surface area contributed by atoms with E-state index in [2.05, 4.69) is 15.0 Å². The second kappa shape index (κ2) is 5.87. The van der Waals surface area contributed by atoms with Gasteiger partial charge >= 0.3 is 11.9 Å². The molecule has 2 aromatic heterocycles. The third-order valence-electron chi connectivity index (χ3n) is 4.26. The SMILES string of the molecule is CC1(OC[C@@H]2C=C[C@H](n3cnc4c(N)nc(N)nc43)O2)OC(=O)C(C)(C)O1. The Balaban J connectivity index is 1.43. The van der Waals surface area contributed by atoms with Crippen molar-refractivity contribution in [2.45, 2.75) is 44.7 Å². The number of carbonyl (C=O) groups excluding carboxylic acids is 1. The predicted octanol–water partition coefficient (Wildman–Crippen LogP) is 0.487. The van der Waals surface area contributed by atoms with Crippen molar-refractivity contribution < 1.29 is 23.7 Å². The summed E-state index contributed by atoms with van der Waals surface area (Å²) >= 11 is 0. The molecule has 4 N–H and O–H groups in total. The molecule has 11 nitrogen and oxygen atoms in total. The Hall–Kier alpha value is -2.76. The van der Waals surface area contributed by atoms with Crippen molar-refractivity contribution in [2.24, 2.45) is 0 Å². The van der Waals surface area contributed by atoms with Gasteiger partial charge in [-0.15, -0.1) is 0 Å². The average Bonchev–Trinajstić information content (AvgIpc) is 3.22. The zero-order chi connectivity index (χ0) is 19.4. The number of carbonyl (C=O) groups is 1. The molecule has 1 unspecified atom stereocenters. The number of cyclic esters (lactones) is 1. The lowest BCUT2D eigenvalue weighted by Crippen LogP contribution is -2.35. The molecule has 0 amide bonds. The van der Waals surface area contributed by atoms with Gasteiger partial charge in [0.1, 0.15) is 11.6 Å². The number of nitrogen functional groups attached to an aromatic ring is 2. The van der Waals surface area contributed by atoms with Crippen LogP contribution in [-0.2, 0) is 23.7 Å². The number of fused-ring (bicyclic) bond motifs is 1. The van der Waals surface area contributed by atoms with E-state index in [1.54, 1.807) is 31.7 Å². The summed E-state index contributed by atoms with van der Waals surface area (Å²) in [5, 5.41) is 0. The monoisotopic (exact) mass is 376 g/mol. The van der Waals surface area contributed by atoms with Crippen molar-refractivity contribution in [1.29, 1.82) is 0 Å². The second-order valence-corrected chi connectivity index (χ2v) is 6.92. The van der Waals surface area contributed by atoms with Gasteiger partial charge in [-0.3, -0.25) is 9.30 Å². The smallest absolute Gasteiger partial charge is 0.342 e. The molecule has 0 saturated carbocycles. The fraction of sp³-hybridized carbons (Fsp3) is 0.500. The standard InChI is InChI=1S/C16H20N6O5/c1-15(2)13(23)26-16(3,27-15)24-6-8-4-5-9(25-8)22-7-19-10-11(17)20-14(18)21-12(10)22/h4-5,7-9H,6H2,1-3H3,(H4,17,18,20,21)/t8-,9+,16?/m0/s1. The molecule has 11 heteroatoms. The van der Waals surface area contributed by atoms with Crippen molar-refractivity contribution in [3.05, 3.63) is 18.5 Å². The number of ether oxygens (including phenoxy) is 4. The Morgan fingerprint density at radius 2 is 2.04 bits per heavy atom. The Kier molecular flexibility index (Phi) is 3.84. The zero-order valence-corrected chi connectivity index (χ0v) is 15.1. The van der Waals surface area contributed by atoms with Gasteiger partial charge in [-0.2, -0.15) is 9.97 Å². The van der Waals surface area contributed by atoms with Gasteiger partial charge in [-0.05, 0) is 19.9 Å². The van der Waals surface area contributed by atoms with Gasteiger partial charge < -0.3 is 25.7 Å². The summed E-state index contributed by atoms with van der Waals surface area (Å²) in [6.45, 7) is 4.91. The molecule has 4 rings (SSSR count). The summed E-state index contributed by atoms with van der Waals surface area (Å²) in [7, 11) is 0. The number of esters is 1. The fourth-order valence-corrected chi connectivity index (χ4v) is 2.99. The van der Waals surface area contributed by atoms with Crippen LogP contribution in [0, 0.1) is 0 Å². The normalized spacial score (nSPS) is 29.5. The van der Waals surface area contributed by atoms with E-state index in [0.717, 1.165) is 0 Å². The third kappa shape index (κ3) is 3.09. The number of hydrogen-bond donors (Lipinski definition) is 2. The first-order valence-corrected chi connectivity index (χ1v) is 8.34. The van der Waals surface area contributed by atoms with Crippen LogP contribution in [0.15, 0.2) is 18.5 Å². The van der Waals surface area contributed by atoms with Crippen LogP contribution >= 0.6 is 0 Å². The molecule has 1 saturated heterocycles. The van der Waals surface area contributed by atoms with E-state index < -0.39 is 23.8 Å². The molecular weight excluding hydrogens is 356 g/mol. The molecule has 0 bridgehead atoms. The maximum atomic E-state index is 11.8. The number of rotatable bonds is 4. The predicted molar refractivity (Wildman–Crippen MR) is 92.8 cm³/mol. The molecule has 0 radical (unpaired) electrons. The lowest BCUT2D eigenvalue weighted by Gasteiger charge is -2.25. The molecule has 0 spiro atoms. The van der Waals surface area contributed by atoms with Crippen molar-refractivity contribution >= 4 is 28.9 Å². The molecular formula is C16H20N6O5. The van der Waals surface area contributed by atoms with Crippen molar-refractivity contribution in [3.63, 3.8) is 0 Å². The van der Waals surface area contributed by atoms with Gasteiger partial charge in [0.25, 0.3) is 0 Å². The topological polar surface area (TPSA) is 150 Å². The quantitative estimate of drug-likeness (QED) is 0.570. The van der Waals surface area contributed by atoms with Crippen LogP contribution < -0.4 is 11.5 Å². The maximum Gasteiger partial charge on any atom is 0.342 e. The largest absolute Gasteiger partial charge is 0.406 e. The van der Waals surface area contributed by atoms with Crippen LogP contribution in [0.25, 0.3) is 11.2 Å². The molecule has 1 fully saturated rings. The fourth-order valence-electron chi connectivity index (χ4n) is 2.99. The highest BCUT2D eigenvalue weighted by Crippen LogP contribution is 2.34. The van der Waals surface area contributed by atoms with Gasteiger partial charge in [-0.25, -0.2) is 9.78 Å². The minimum Gasteiger partial charge on any atom is -0.406 e. The van der Waals surface area contributed by atoms with Crippen molar-refractivity contribution in [1.82, 2.24) is 19.5 Å². The molecule has 2 aliphatic heterocycles. The van der Waals surface area contributed by atoms with E-state index in [4.69, 9.17) is 30.4 Å². The van der Waals surface area contributed by atoms with Crippen LogP contribution in [0.2, 0.25) is 0 Å². The molecule has 2 aliphatic rings. The third-order valence-corrected chi connectivity index (χ3v) is 4.26. The van der Waals surface area contributed by atoms with E-state index >= 15 is 0 Å². The Morgan fingerprint density at radius 1 is 1.26 bits per heavy atom.